The summed E-state index contributed by atoms with van der Waals surface area (Å²) in [6, 6.07) is 18.9. The number of hydrogen-bond acceptors (Lipinski definition) is 4. The second-order valence-electron chi connectivity index (χ2n) is 5.55. The highest BCUT2D eigenvalue weighted by Crippen LogP contribution is 2.36. The maximum absolute atomic E-state index is 11.8. The van der Waals surface area contributed by atoms with E-state index >= 15 is 0 Å². The minimum Gasteiger partial charge on any atom is -0.439 e. The van der Waals surface area contributed by atoms with Gasteiger partial charge in [0.2, 0.25) is 0 Å². The summed E-state index contributed by atoms with van der Waals surface area (Å²) in [4.78, 5) is 20.6. The first kappa shape index (κ1) is 14.4. The Morgan fingerprint density at radius 1 is 0.958 bits per heavy atom. The first-order chi connectivity index (χ1) is 11.8. The topological polar surface area (TPSA) is 64.1 Å². The van der Waals surface area contributed by atoms with Crippen molar-refractivity contribution in [1.29, 1.82) is 0 Å². The lowest BCUT2D eigenvalue weighted by Crippen LogP contribution is -2.20. The second kappa shape index (κ2) is 6.12. The van der Waals surface area contributed by atoms with Crippen LogP contribution in [-0.2, 0) is 4.74 Å². The van der Waals surface area contributed by atoms with Crippen molar-refractivity contribution in [2.45, 2.75) is 12.1 Å². The van der Waals surface area contributed by atoms with E-state index in [4.69, 9.17) is 9.72 Å². The Bertz CT molecular complexity index is 853. The Kier molecular flexibility index (Phi) is 3.67. The summed E-state index contributed by atoms with van der Waals surface area (Å²) in [5, 5.41) is 2.86. The number of rotatable bonds is 3. The van der Waals surface area contributed by atoms with E-state index in [2.05, 4.69) is 10.3 Å². The number of aromatic nitrogens is 2. The molecule has 3 aromatic rings. The van der Waals surface area contributed by atoms with E-state index in [-0.39, 0.29) is 6.04 Å². The number of ether oxygens (including phenoxy) is 1. The molecule has 5 heteroatoms. The Morgan fingerprint density at radius 3 is 2.62 bits per heavy atom. The number of carbonyl (C=O) groups is 1. The number of pyridine rings is 2. The maximum atomic E-state index is 11.8. The lowest BCUT2D eigenvalue weighted by atomic mass is 9.99. The first-order valence-corrected chi connectivity index (χ1v) is 7.71. The molecule has 0 bridgehead atoms. The van der Waals surface area contributed by atoms with Crippen LogP contribution in [0.25, 0.3) is 11.3 Å². The molecule has 3 heterocycles. The number of carbonyl (C=O) groups excluding carboxylic acids is 1. The lowest BCUT2D eigenvalue weighted by molar-refractivity contribution is 0.132. The van der Waals surface area contributed by atoms with Gasteiger partial charge >= 0.3 is 6.09 Å². The predicted molar refractivity (Wildman–Crippen MR) is 89.0 cm³/mol. The zero-order valence-electron chi connectivity index (χ0n) is 12.8. The third-order valence-electron chi connectivity index (χ3n) is 3.98. The van der Waals surface area contributed by atoms with E-state index in [1.807, 2.05) is 60.7 Å². The fraction of sp³-hybridized carbons (Fsp3) is 0.105. The molecule has 1 amide bonds. The zero-order valence-corrected chi connectivity index (χ0v) is 12.8. The van der Waals surface area contributed by atoms with Crippen molar-refractivity contribution < 1.29 is 9.53 Å². The van der Waals surface area contributed by atoms with E-state index in [1.165, 1.54) is 0 Å². The van der Waals surface area contributed by atoms with E-state index in [0.717, 1.165) is 22.5 Å². The van der Waals surface area contributed by atoms with Crippen LogP contribution < -0.4 is 5.32 Å². The van der Waals surface area contributed by atoms with Gasteiger partial charge in [0, 0.05) is 18.0 Å². The number of cyclic esters (lactones) is 1. The average molecular weight is 317 g/mol. The SMILES string of the molecule is O=C1N[C@@H](c2cccc(-c3cccnc3)n2)[C@H](c2ccccc2)O1. The van der Waals surface area contributed by atoms with Crippen LogP contribution in [0.3, 0.4) is 0 Å². The molecule has 118 valence electrons. The van der Waals surface area contributed by atoms with Gasteiger partial charge in [-0.1, -0.05) is 36.4 Å². The minimum atomic E-state index is -0.428. The molecule has 1 aliphatic rings. The van der Waals surface area contributed by atoms with Gasteiger partial charge in [0.1, 0.15) is 6.04 Å². The standard InChI is InChI=1S/C19H15N3O2/c23-19-22-17(18(24-19)13-6-2-1-3-7-13)16-10-4-9-15(21-16)14-8-5-11-20-12-14/h1-12,17-18H,(H,22,23)/t17-,18-/m0/s1. The summed E-state index contributed by atoms with van der Waals surface area (Å²) in [5.41, 5.74) is 3.44. The van der Waals surface area contributed by atoms with Gasteiger partial charge in [-0.05, 0) is 29.8 Å². The highest BCUT2D eigenvalue weighted by atomic mass is 16.6. The van der Waals surface area contributed by atoms with Crippen molar-refractivity contribution in [1.82, 2.24) is 15.3 Å². The van der Waals surface area contributed by atoms with Crippen molar-refractivity contribution in [3.8, 4) is 11.3 Å². The number of nitrogens with one attached hydrogen (secondary N) is 1. The van der Waals surface area contributed by atoms with Gasteiger partial charge < -0.3 is 10.1 Å². The molecule has 1 N–H and O–H groups in total. The van der Waals surface area contributed by atoms with Crippen molar-refractivity contribution in [2.75, 3.05) is 0 Å². The summed E-state index contributed by atoms with van der Waals surface area (Å²) in [5.74, 6) is 0. The van der Waals surface area contributed by atoms with Gasteiger partial charge in [0.05, 0.1) is 11.4 Å². The fourth-order valence-corrected chi connectivity index (χ4v) is 2.85. The quantitative estimate of drug-likeness (QED) is 0.800. The van der Waals surface area contributed by atoms with Crippen LogP contribution in [0.4, 0.5) is 4.79 Å². The molecule has 0 unspecified atom stereocenters. The first-order valence-electron chi connectivity index (χ1n) is 7.71. The molecule has 5 nitrogen and oxygen atoms in total. The Labute approximate surface area is 139 Å². The Balaban J connectivity index is 1.71. The molecule has 1 saturated heterocycles. The highest BCUT2D eigenvalue weighted by molar-refractivity contribution is 5.71. The summed E-state index contributed by atoms with van der Waals surface area (Å²) in [6.45, 7) is 0. The molecule has 0 saturated carbocycles. The Hall–Kier alpha value is -3.21. The number of nitrogens with zero attached hydrogens (tertiary/aromatic N) is 2. The maximum Gasteiger partial charge on any atom is 0.408 e. The molecular weight excluding hydrogens is 302 g/mol. The van der Waals surface area contributed by atoms with Gasteiger partial charge in [-0.2, -0.15) is 0 Å². The van der Waals surface area contributed by atoms with Crippen LogP contribution in [0.5, 0.6) is 0 Å². The molecule has 0 radical (unpaired) electrons. The normalized spacial score (nSPS) is 19.6. The number of benzene rings is 1. The molecule has 1 aliphatic heterocycles. The fourth-order valence-electron chi connectivity index (χ4n) is 2.85. The van der Waals surface area contributed by atoms with Gasteiger partial charge in [-0.3, -0.25) is 9.97 Å². The van der Waals surface area contributed by atoms with Gasteiger partial charge in [-0.15, -0.1) is 0 Å². The molecular formula is C19H15N3O2. The second-order valence-corrected chi connectivity index (χ2v) is 5.55. The van der Waals surface area contributed by atoms with Gasteiger partial charge in [0.25, 0.3) is 0 Å². The summed E-state index contributed by atoms with van der Waals surface area (Å²) < 4.78 is 5.46. The number of hydrogen-bond donors (Lipinski definition) is 1. The molecule has 2 aromatic heterocycles. The third kappa shape index (κ3) is 2.72. The summed E-state index contributed by atoms with van der Waals surface area (Å²) in [7, 11) is 0. The summed E-state index contributed by atoms with van der Waals surface area (Å²) in [6.07, 6.45) is 2.67. The van der Waals surface area contributed by atoms with Crippen LogP contribution in [0.2, 0.25) is 0 Å². The molecule has 0 spiro atoms. The molecule has 0 aliphatic carbocycles. The molecule has 2 atom stereocenters. The largest absolute Gasteiger partial charge is 0.439 e. The van der Waals surface area contributed by atoms with Crippen LogP contribution in [0.15, 0.2) is 73.1 Å². The average Bonchev–Trinajstić information content (AvgIpc) is 3.05. The zero-order chi connectivity index (χ0) is 16.4. The Morgan fingerprint density at radius 2 is 1.83 bits per heavy atom. The molecule has 24 heavy (non-hydrogen) atoms. The lowest BCUT2D eigenvalue weighted by Gasteiger charge is -2.17. The molecule has 1 fully saturated rings. The third-order valence-corrected chi connectivity index (χ3v) is 3.98. The predicted octanol–water partition coefficient (Wildman–Crippen LogP) is 3.67. The van der Waals surface area contributed by atoms with Crippen molar-refractivity contribution >= 4 is 6.09 Å². The van der Waals surface area contributed by atoms with Crippen molar-refractivity contribution in [2.24, 2.45) is 0 Å². The van der Waals surface area contributed by atoms with E-state index in [9.17, 15) is 4.79 Å². The van der Waals surface area contributed by atoms with Crippen LogP contribution in [-0.4, -0.2) is 16.1 Å². The van der Waals surface area contributed by atoms with E-state index < -0.39 is 12.2 Å². The molecule has 4 rings (SSSR count). The van der Waals surface area contributed by atoms with E-state index in [1.54, 1.807) is 12.4 Å². The van der Waals surface area contributed by atoms with Crippen LogP contribution >= 0.6 is 0 Å². The summed E-state index contributed by atoms with van der Waals surface area (Å²) >= 11 is 0. The number of alkyl carbamates (subject to hydrolysis) is 1. The van der Waals surface area contributed by atoms with Crippen molar-refractivity contribution in [3.63, 3.8) is 0 Å². The van der Waals surface area contributed by atoms with Gasteiger partial charge in [0.15, 0.2) is 6.10 Å². The van der Waals surface area contributed by atoms with Crippen LogP contribution in [0.1, 0.15) is 23.4 Å². The smallest absolute Gasteiger partial charge is 0.408 e. The van der Waals surface area contributed by atoms with Gasteiger partial charge in [-0.25, -0.2) is 4.79 Å². The van der Waals surface area contributed by atoms with E-state index in [0.29, 0.717) is 0 Å². The number of amides is 1. The molecule has 1 aromatic carbocycles. The monoisotopic (exact) mass is 317 g/mol. The highest BCUT2D eigenvalue weighted by Gasteiger charge is 2.37. The minimum absolute atomic E-state index is 0.323. The van der Waals surface area contributed by atoms with Crippen LogP contribution in [0, 0.1) is 0 Å². The van der Waals surface area contributed by atoms with Crippen molar-refractivity contribution in [3.05, 3.63) is 84.3 Å².